The van der Waals surface area contributed by atoms with Crippen molar-refractivity contribution < 1.29 is 13.2 Å². The van der Waals surface area contributed by atoms with E-state index in [1.54, 1.807) is 12.1 Å². The lowest BCUT2D eigenvalue weighted by Gasteiger charge is -2.21. The molecule has 68 heavy (non-hydrogen) atoms. The Balaban J connectivity index is 1.23. The van der Waals surface area contributed by atoms with E-state index in [0.717, 1.165) is 60.3 Å². The predicted octanol–water partition coefficient (Wildman–Crippen LogP) is 16.3. The van der Waals surface area contributed by atoms with Crippen molar-refractivity contribution in [2.75, 3.05) is 0 Å². The van der Waals surface area contributed by atoms with E-state index < -0.39 is 11.7 Å². The summed E-state index contributed by atoms with van der Waals surface area (Å²) in [5.74, 6) is 1.25. The lowest BCUT2D eigenvalue weighted by molar-refractivity contribution is -0.137. The first-order valence-corrected chi connectivity index (χ1v) is 22.9. The van der Waals surface area contributed by atoms with Crippen molar-refractivity contribution in [3.63, 3.8) is 0 Å². The van der Waals surface area contributed by atoms with E-state index in [1.807, 2.05) is 115 Å². The highest BCUT2D eigenvalue weighted by Crippen LogP contribution is 2.45. The van der Waals surface area contributed by atoms with Gasteiger partial charge in [0.05, 0.1) is 33.3 Å². The topological polar surface area (TPSA) is 48.5 Å². The van der Waals surface area contributed by atoms with Crippen molar-refractivity contribution in [1.82, 2.24) is 24.1 Å². The number of aromatic nitrogens is 5. The first-order chi connectivity index (χ1) is 32.6. The Labute approximate surface area is 393 Å². The maximum atomic E-state index is 15.9. The van der Waals surface area contributed by atoms with Gasteiger partial charge in [-0.3, -0.25) is 0 Å². The number of rotatable bonds is 6. The third-order valence-electron chi connectivity index (χ3n) is 13.1. The average molecular weight is 896 g/mol. The fourth-order valence-electron chi connectivity index (χ4n) is 9.58. The van der Waals surface area contributed by atoms with Gasteiger partial charge in [0.15, 0.2) is 17.5 Å². The molecule has 3 heterocycles. The van der Waals surface area contributed by atoms with Crippen LogP contribution in [-0.4, -0.2) is 24.1 Å². The van der Waals surface area contributed by atoms with Gasteiger partial charge in [0.1, 0.15) is 0 Å². The highest BCUT2D eigenvalue weighted by Gasteiger charge is 2.35. The summed E-state index contributed by atoms with van der Waals surface area (Å²) >= 11 is 0. The number of benzene rings is 8. The van der Waals surface area contributed by atoms with Gasteiger partial charge in [-0.15, -0.1) is 0 Å². The highest BCUT2D eigenvalue weighted by atomic mass is 19.4. The van der Waals surface area contributed by atoms with Crippen LogP contribution in [0.2, 0.25) is 0 Å². The highest BCUT2D eigenvalue weighted by molar-refractivity contribution is 6.11. The van der Waals surface area contributed by atoms with Crippen LogP contribution in [0.1, 0.15) is 58.2 Å². The van der Waals surface area contributed by atoms with Gasteiger partial charge in [-0.1, -0.05) is 151 Å². The van der Waals surface area contributed by atoms with Crippen molar-refractivity contribution >= 4 is 43.6 Å². The molecule has 8 heteroatoms. The molecule has 0 atom stereocenters. The van der Waals surface area contributed by atoms with Crippen LogP contribution in [0, 0.1) is 0 Å². The number of fused-ring (bicyclic) bond motifs is 6. The molecular formula is C60H48F3N5. The number of alkyl halides is 3. The summed E-state index contributed by atoms with van der Waals surface area (Å²) in [5, 5.41) is 4.09. The molecule has 334 valence electrons. The van der Waals surface area contributed by atoms with Gasteiger partial charge in [-0.05, 0) is 100 Å². The second-order valence-corrected chi connectivity index (χ2v) is 19.7. The van der Waals surface area contributed by atoms with Crippen LogP contribution in [0.4, 0.5) is 13.2 Å². The third-order valence-corrected chi connectivity index (χ3v) is 13.1. The minimum absolute atomic E-state index is 0.0296. The summed E-state index contributed by atoms with van der Waals surface area (Å²) in [6.07, 6.45) is -4.71. The smallest absolute Gasteiger partial charge is 0.309 e. The average Bonchev–Trinajstić information content (AvgIpc) is 3.85. The Morgan fingerprint density at radius 2 is 0.824 bits per heavy atom. The van der Waals surface area contributed by atoms with E-state index >= 15 is 13.2 Å². The first kappa shape index (κ1) is 42.8. The zero-order valence-corrected chi connectivity index (χ0v) is 38.7. The van der Waals surface area contributed by atoms with Gasteiger partial charge in [-0.2, -0.15) is 13.2 Å². The molecular weight excluding hydrogens is 848 g/mol. The quantitative estimate of drug-likeness (QED) is 0.167. The number of para-hydroxylation sites is 2. The predicted molar refractivity (Wildman–Crippen MR) is 273 cm³/mol. The van der Waals surface area contributed by atoms with Crippen molar-refractivity contribution in [2.45, 2.75) is 58.5 Å². The van der Waals surface area contributed by atoms with Crippen molar-refractivity contribution in [3.8, 4) is 56.7 Å². The Morgan fingerprint density at radius 3 is 1.34 bits per heavy atom. The molecule has 3 aromatic heterocycles. The van der Waals surface area contributed by atoms with Crippen molar-refractivity contribution in [2.24, 2.45) is 0 Å². The second kappa shape index (κ2) is 15.9. The van der Waals surface area contributed by atoms with Crippen LogP contribution in [0.3, 0.4) is 0 Å². The zero-order chi connectivity index (χ0) is 47.1. The van der Waals surface area contributed by atoms with Gasteiger partial charge in [0.2, 0.25) is 0 Å². The molecule has 0 radical (unpaired) electrons. The molecule has 0 aliphatic heterocycles. The summed E-state index contributed by atoms with van der Waals surface area (Å²) in [6, 6.07) is 58.6. The summed E-state index contributed by atoms with van der Waals surface area (Å²) in [7, 11) is 0. The summed E-state index contributed by atoms with van der Waals surface area (Å²) in [4.78, 5) is 15.0. The molecule has 0 amide bonds. The summed E-state index contributed by atoms with van der Waals surface area (Å²) < 4.78 is 51.8. The standard InChI is InChI=1S/C60H48F3N5/c1-58(2,3)40-26-31-52-47(34-40)43-21-13-15-23-50(43)67(52)42-28-29-49(60(61,62)63)45(36-42)46-33-39(57-65-55(37-17-9-7-10-18-37)64-56(66-57)38-19-11-8-12-20-38)25-30-53(46)68-51-24-16-14-22-44(51)48-35-41(59(4,5)6)27-32-54(48)68/h7-36H,1-6H3. The Hall–Kier alpha value is -7.84. The minimum atomic E-state index is -4.71. The lowest BCUT2D eigenvalue weighted by Crippen LogP contribution is -2.11. The molecule has 5 nitrogen and oxygen atoms in total. The van der Waals surface area contributed by atoms with Gasteiger partial charge in [0, 0.05) is 49.5 Å². The summed E-state index contributed by atoms with van der Waals surface area (Å²) in [6.45, 7) is 13.1. The third kappa shape index (κ3) is 7.41. The molecule has 8 aromatic carbocycles. The normalized spacial score (nSPS) is 12.5. The molecule has 0 spiro atoms. The SMILES string of the molecule is CC(C)(C)c1ccc2c(c1)c1ccccc1n2-c1ccc(C(F)(F)F)c(-c2cc(-c3nc(-c4ccccc4)nc(-c4ccccc4)n3)ccc2-n2c3ccccc3c3cc(C(C)(C)C)ccc32)c1. The molecule has 0 aliphatic rings. The van der Waals surface area contributed by atoms with Crippen LogP contribution in [0.15, 0.2) is 182 Å². The number of hydrogen-bond donors (Lipinski definition) is 0. The van der Waals surface area contributed by atoms with E-state index in [0.29, 0.717) is 40.0 Å². The molecule has 0 saturated heterocycles. The Bertz CT molecular complexity index is 3680. The summed E-state index contributed by atoms with van der Waals surface area (Å²) in [5.41, 5.74) is 8.63. The molecule has 0 fully saturated rings. The molecule has 0 bridgehead atoms. The first-order valence-electron chi connectivity index (χ1n) is 22.9. The monoisotopic (exact) mass is 895 g/mol. The fraction of sp³-hybridized carbons (Fsp3) is 0.150. The molecule has 0 saturated carbocycles. The molecule has 0 N–H and O–H groups in total. The fourth-order valence-corrected chi connectivity index (χ4v) is 9.58. The van der Waals surface area contributed by atoms with Crippen LogP contribution in [-0.2, 0) is 17.0 Å². The van der Waals surface area contributed by atoms with Crippen LogP contribution >= 0.6 is 0 Å². The second-order valence-electron chi connectivity index (χ2n) is 19.7. The number of nitrogens with zero attached hydrogens (tertiary/aromatic N) is 5. The maximum Gasteiger partial charge on any atom is 0.417 e. The van der Waals surface area contributed by atoms with Crippen molar-refractivity contribution in [3.05, 3.63) is 199 Å². The van der Waals surface area contributed by atoms with Gasteiger partial charge >= 0.3 is 6.18 Å². The van der Waals surface area contributed by atoms with Crippen LogP contribution < -0.4 is 0 Å². The Morgan fingerprint density at radius 1 is 0.368 bits per heavy atom. The van der Waals surface area contributed by atoms with Gasteiger partial charge in [-0.25, -0.2) is 15.0 Å². The zero-order valence-electron chi connectivity index (χ0n) is 38.7. The lowest BCUT2D eigenvalue weighted by atomic mass is 9.86. The van der Waals surface area contributed by atoms with E-state index in [2.05, 4.69) is 99.2 Å². The minimum Gasteiger partial charge on any atom is -0.309 e. The van der Waals surface area contributed by atoms with E-state index in [1.165, 1.54) is 11.6 Å². The van der Waals surface area contributed by atoms with E-state index in [4.69, 9.17) is 15.0 Å². The molecule has 11 aromatic rings. The molecule has 0 aliphatic carbocycles. The largest absolute Gasteiger partial charge is 0.417 e. The van der Waals surface area contributed by atoms with Crippen LogP contribution in [0.5, 0.6) is 0 Å². The Kier molecular flexibility index (Phi) is 10.0. The van der Waals surface area contributed by atoms with Gasteiger partial charge in [0.25, 0.3) is 0 Å². The van der Waals surface area contributed by atoms with E-state index in [-0.39, 0.29) is 16.4 Å². The molecule has 0 unspecified atom stereocenters. The number of hydrogen-bond acceptors (Lipinski definition) is 3. The van der Waals surface area contributed by atoms with E-state index in [9.17, 15) is 0 Å². The number of halogens is 3. The molecule has 11 rings (SSSR count). The van der Waals surface area contributed by atoms with Gasteiger partial charge < -0.3 is 9.13 Å². The maximum absolute atomic E-state index is 15.9. The van der Waals surface area contributed by atoms with Crippen LogP contribution in [0.25, 0.3) is 100 Å². The van der Waals surface area contributed by atoms with Crippen molar-refractivity contribution in [1.29, 1.82) is 0 Å².